The Balaban J connectivity index is 1.85. The normalized spacial score (nSPS) is 11.9. The SMILES string of the molecule is CC(C)c1ccc(N=C(N)N(C)c2ccc3ccccc3c2)cc1. The number of nitrogens with zero attached hydrogens (tertiary/aromatic N) is 2. The van der Waals surface area contributed by atoms with Crippen molar-refractivity contribution in [1.29, 1.82) is 0 Å². The van der Waals surface area contributed by atoms with Gasteiger partial charge in [-0.2, -0.15) is 0 Å². The van der Waals surface area contributed by atoms with Crippen molar-refractivity contribution in [3.63, 3.8) is 0 Å². The van der Waals surface area contributed by atoms with Crippen LogP contribution in [0.2, 0.25) is 0 Å². The molecular formula is C21H23N3. The second-order valence-electron chi connectivity index (χ2n) is 6.31. The van der Waals surface area contributed by atoms with Crippen molar-refractivity contribution in [2.45, 2.75) is 19.8 Å². The molecule has 0 heterocycles. The van der Waals surface area contributed by atoms with Crippen LogP contribution in [-0.4, -0.2) is 13.0 Å². The second kappa shape index (κ2) is 6.75. The van der Waals surface area contributed by atoms with E-state index in [2.05, 4.69) is 61.3 Å². The number of rotatable bonds is 3. The van der Waals surface area contributed by atoms with Crippen molar-refractivity contribution in [1.82, 2.24) is 0 Å². The lowest BCUT2D eigenvalue weighted by Gasteiger charge is -2.19. The topological polar surface area (TPSA) is 41.6 Å². The molecular weight excluding hydrogens is 294 g/mol. The van der Waals surface area contributed by atoms with Gasteiger partial charge in [-0.05, 0) is 46.5 Å². The van der Waals surface area contributed by atoms with Gasteiger partial charge in [0.05, 0.1) is 5.69 Å². The van der Waals surface area contributed by atoms with Crippen LogP contribution >= 0.6 is 0 Å². The van der Waals surface area contributed by atoms with Gasteiger partial charge < -0.3 is 10.6 Å². The maximum atomic E-state index is 6.20. The summed E-state index contributed by atoms with van der Waals surface area (Å²) in [6.45, 7) is 4.36. The molecule has 0 saturated heterocycles. The van der Waals surface area contributed by atoms with Gasteiger partial charge in [-0.25, -0.2) is 4.99 Å². The van der Waals surface area contributed by atoms with Crippen molar-refractivity contribution < 1.29 is 0 Å². The van der Waals surface area contributed by atoms with E-state index in [9.17, 15) is 0 Å². The molecule has 2 N–H and O–H groups in total. The molecule has 3 heteroatoms. The average Bonchev–Trinajstić information content (AvgIpc) is 2.61. The fourth-order valence-corrected chi connectivity index (χ4v) is 2.66. The summed E-state index contributed by atoms with van der Waals surface area (Å²) in [7, 11) is 1.94. The number of aliphatic imine (C=N–C) groups is 1. The molecule has 3 nitrogen and oxygen atoms in total. The van der Waals surface area contributed by atoms with Gasteiger partial charge in [0.1, 0.15) is 0 Å². The van der Waals surface area contributed by atoms with E-state index in [0.29, 0.717) is 11.9 Å². The number of hydrogen-bond donors (Lipinski definition) is 1. The fraction of sp³-hybridized carbons (Fsp3) is 0.190. The van der Waals surface area contributed by atoms with Crippen LogP contribution in [0.5, 0.6) is 0 Å². The maximum absolute atomic E-state index is 6.20. The van der Waals surface area contributed by atoms with Crippen molar-refractivity contribution in [2.75, 3.05) is 11.9 Å². The Labute approximate surface area is 143 Å². The van der Waals surface area contributed by atoms with Crippen LogP contribution in [0.4, 0.5) is 11.4 Å². The van der Waals surface area contributed by atoms with E-state index < -0.39 is 0 Å². The molecule has 24 heavy (non-hydrogen) atoms. The molecule has 0 radical (unpaired) electrons. The fourth-order valence-electron chi connectivity index (χ4n) is 2.66. The van der Waals surface area contributed by atoms with E-state index in [1.807, 2.05) is 36.2 Å². The van der Waals surface area contributed by atoms with Crippen LogP contribution in [0, 0.1) is 0 Å². The van der Waals surface area contributed by atoms with Crippen molar-refractivity contribution in [3.05, 3.63) is 72.3 Å². The van der Waals surface area contributed by atoms with Crippen LogP contribution in [0.1, 0.15) is 25.3 Å². The van der Waals surface area contributed by atoms with Gasteiger partial charge in [0.2, 0.25) is 5.96 Å². The summed E-state index contributed by atoms with van der Waals surface area (Å²) in [5.74, 6) is 0.989. The molecule has 122 valence electrons. The highest BCUT2D eigenvalue weighted by molar-refractivity contribution is 5.98. The molecule has 3 aromatic carbocycles. The van der Waals surface area contributed by atoms with E-state index in [1.54, 1.807) is 0 Å². The summed E-state index contributed by atoms with van der Waals surface area (Å²) in [6, 6.07) is 22.8. The van der Waals surface area contributed by atoms with Crippen molar-refractivity contribution in [2.24, 2.45) is 10.7 Å². The summed E-state index contributed by atoms with van der Waals surface area (Å²) in [4.78, 5) is 6.44. The molecule has 0 atom stereocenters. The zero-order valence-corrected chi connectivity index (χ0v) is 14.4. The van der Waals surface area contributed by atoms with Gasteiger partial charge in [-0.15, -0.1) is 0 Å². The molecule has 0 spiro atoms. The molecule has 0 fully saturated rings. The lowest BCUT2D eigenvalue weighted by atomic mass is 10.0. The Morgan fingerprint density at radius 3 is 2.25 bits per heavy atom. The van der Waals surface area contributed by atoms with Gasteiger partial charge >= 0.3 is 0 Å². The first kappa shape index (κ1) is 16.1. The maximum Gasteiger partial charge on any atom is 0.200 e. The number of benzene rings is 3. The minimum Gasteiger partial charge on any atom is -0.369 e. The third-order valence-electron chi connectivity index (χ3n) is 4.27. The lowest BCUT2D eigenvalue weighted by molar-refractivity contribution is 0.867. The number of guanidine groups is 1. The predicted octanol–water partition coefficient (Wildman–Crippen LogP) is 5.05. The van der Waals surface area contributed by atoms with E-state index in [0.717, 1.165) is 11.4 Å². The third-order valence-corrected chi connectivity index (χ3v) is 4.27. The van der Waals surface area contributed by atoms with Crippen LogP contribution in [0.25, 0.3) is 10.8 Å². The summed E-state index contributed by atoms with van der Waals surface area (Å²) in [5, 5.41) is 2.41. The van der Waals surface area contributed by atoms with E-state index in [4.69, 9.17) is 5.73 Å². The van der Waals surface area contributed by atoms with Crippen LogP contribution in [0.3, 0.4) is 0 Å². The van der Waals surface area contributed by atoms with E-state index in [1.165, 1.54) is 16.3 Å². The van der Waals surface area contributed by atoms with Crippen molar-refractivity contribution >= 4 is 28.1 Å². The molecule has 0 amide bonds. The van der Waals surface area contributed by atoms with Gasteiger partial charge in [0.25, 0.3) is 0 Å². The minimum absolute atomic E-state index is 0.475. The number of hydrogen-bond acceptors (Lipinski definition) is 1. The first-order valence-corrected chi connectivity index (χ1v) is 8.21. The highest BCUT2D eigenvalue weighted by Gasteiger charge is 2.06. The molecule has 0 aliphatic carbocycles. The first-order valence-electron chi connectivity index (χ1n) is 8.21. The molecule has 0 aliphatic heterocycles. The number of nitrogens with two attached hydrogens (primary N) is 1. The Morgan fingerprint density at radius 2 is 1.58 bits per heavy atom. The Hall–Kier alpha value is -2.81. The Bertz CT molecular complexity index is 864. The first-order chi connectivity index (χ1) is 11.5. The molecule has 0 bridgehead atoms. The quantitative estimate of drug-likeness (QED) is 0.543. The van der Waals surface area contributed by atoms with E-state index >= 15 is 0 Å². The van der Waals surface area contributed by atoms with Gasteiger partial charge in [0, 0.05) is 12.7 Å². The molecule has 0 aromatic heterocycles. The van der Waals surface area contributed by atoms with Crippen LogP contribution in [0.15, 0.2) is 71.7 Å². The zero-order chi connectivity index (χ0) is 17.1. The highest BCUT2D eigenvalue weighted by atomic mass is 15.2. The monoisotopic (exact) mass is 317 g/mol. The van der Waals surface area contributed by atoms with E-state index in [-0.39, 0.29) is 0 Å². The summed E-state index contributed by atoms with van der Waals surface area (Å²) >= 11 is 0. The number of fused-ring (bicyclic) bond motifs is 1. The van der Waals surface area contributed by atoms with Gasteiger partial charge in [-0.1, -0.05) is 56.3 Å². The zero-order valence-electron chi connectivity index (χ0n) is 14.4. The van der Waals surface area contributed by atoms with Crippen LogP contribution in [-0.2, 0) is 0 Å². The molecule has 0 unspecified atom stereocenters. The summed E-state index contributed by atoms with van der Waals surface area (Å²) in [6.07, 6.45) is 0. The molecule has 0 saturated carbocycles. The Kier molecular flexibility index (Phi) is 4.52. The van der Waals surface area contributed by atoms with Crippen molar-refractivity contribution in [3.8, 4) is 0 Å². The highest BCUT2D eigenvalue weighted by Crippen LogP contribution is 2.23. The van der Waals surface area contributed by atoms with Crippen LogP contribution < -0.4 is 10.6 Å². The summed E-state index contributed by atoms with van der Waals surface area (Å²) in [5.41, 5.74) is 9.39. The second-order valence-corrected chi connectivity index (χ2v) is 6.31. The average molecular weight is 317 g/mol. The predicted molar refractivity (Wildman–Crippen MR) is 104 cm³/mol. The molecule has 3 rings (SSSR count). The molecule has 3 aromatic rings. The van der Waals surface area contributed by atoms with Gasteiger partial charge in [-0.3, -0.25) is 0 Å². The minimum atomic E-state index is 0.475. The Morgan fingerprint density at radius 1 is 0.917 bits per heavy atom. The third kappa shape index (κ3) is 3.40. The largest absolute Gasteiger partial charge is 0.369 e. The summed E-state index contributed by atoms with van der Waals surface area (Å²) < 4.78 is 0. The lowest BCUT2D eigenvalue weighted by Crippen LogP contribution is -2.33. The number of anilines is 1. The van der Waals surface area contributed by atoms with Gasteiger partial charge in [0.15, 0.2) is 0 Å². The standard InChI is InChI=1S/C21H23N3/c1-15(2)16-8-11-19(12-9-16)23-21(22)24(3)20-13-10-17-6-4-5-7-18(17)14-20/h4-15H,1-3H3,(H2,22,23). The smallest absolute Gasteiger partial charge is 0.200 e. The molecule has 0 aliphatic rings.